The van der Waals surface area contributed by atoms with Crippen LogP contribution in [-0.2, 0) is 4.79 Å². The summed E-state index contributed by atoms with van der Waals surface area (Å²) in [5.74, 6) is -0.597. The maximum absolute atomic E-state index is 13.3. The Morgan fingerprint density at radius 1 is 1.00 bits per heavy atom. The van der Waals surface area contributed by atoms with Crippen LogP contribution in [0.5, 0.6) is 0 Å². The second kappa shape index (κ2) is 6.94. The number of carbonyl (C=O) groups is 2. The van der Waals surface area contributed by atoms with Gasteiger partial charge in [-0.2, -0.15) is 0 Å². The number of amides is 2. The zero-order valence-electron chi connectivity index (χ0n) is 14.4. The van der Waals surface area contributed by atoms with Gasteiger partial charge in [-0.15, -0.1) is 0 Å². The summed E-state index contributed by atoms with van der Waals surface area (Å²) >= 11 is 0. The van der Waals surface area contributed by atoms with E-state index in [1.165, 1.54) is 18.4 Å². The Morgan fingerprint density at radius 2 is 1.73 bits per heavy atom. The standard InChI is InChI=1S/C20H21FN2O3/c21-15-7-5-14(6-8-15)16-12-23(20(25)18-4-3-11-26-18)13-17(16)19(24)22-9-1-2-10-22/h3-8,11,16-17H,1-2,9-10,12-13H2/t16-,17+/m0/s1. The highest BCUT2D eigenvalue weighted by atomic mass is 19.1. The van der Waals surface area contributed by atoms with Crippen LogP contribution in [0.4, 0.5) is 4.39 Å². The van der Waals surface area contributed by atoms with Crippen molar-refractivity contribution in [3.8, 4) is 0 Å². The summed E-state index contributed by atoms with van der Waals surface area (Å²) in [4.78, 5) is 29.3. The molecular weight excluding hydrogens is 335 g/mol. The topological polar surface area (TPSA) is 53.8 Å². The molecule has 0 bridgehead atoms. The van der Waals surface area contributed by atoms with E-state index in [1.54, 1.807) is 29.2 Å². The highest BCUT2D eigenvalue weighted by molar-refractivity contribution is 5.92. The molecule has 2 saturated heterocycles. The Bertz CT molecular complexity index is 782. The number of nitrogens with zero attached hydrogens (tertiary/aromatic N) is 2. The van der Waals surface area contributed by atoms with E-state index in [2.05, 4.69) is 0 Å². The van der Waals surface area contributed by atoms with Crippen molar-refractivity contribution >= 4 is 11.8 Å². The third-order valence-electron chi connectivity index (χ3n) is 5.37. The highest BCUT2D eigenvalue weighted by Gasteiger charge is 2.43. The van der Waals surface area contributed by atoms with E-state index >= 15 is 0 Å². The van der Waals surface area contributed by atoms with Gasteiger partial charge in [0.2, 0.25) is 5.91 Å². The molecule has 2 aliphatic heterocycles. The van der Waals surface area contributed by atoms with Crippen LogP contribution in [-0.4, -0.2) is 47.8 Å². The Kier molecular flexibility index (Phi) is 4.49. The lowest BCUT2D eigenvalue weighted by molar-refractivity contribution is -0.134. The number of rotatable bonds is 3. The van der Waals surface area contributed by atoms with E-state index in [4.69, 9.17) is 4.42 Å². The Balaban J connectivity index is 1.60. The minimum Gasteiger partial charge on any atom is -0.459 e. The van der Waals surface area contributed by atoms with Crippen molar-refractivity contribution in [3.63, 3.8) is 0 Å². The van der Waals surface area contributed by atoms with Gasteiger partial charge >= 0.3 is 0 Å². The van der Waals surface area contributed by atoms with E-state index in [0.717, 1.165) is 31.5 Å². The fourth-order valence-corrected chi connectivity index (χ4v) is 4.00. The molecular formula is C20H21FN2O3. The average Bonchev–Trinajstić information content (AvgIpc) is 3.42. The predicted molar refractivity (Wildman–Crippen MR) is 93.1 cm³/mol. The van der Waals surface area contributed by atoms with Crippen LogP contribution >= 0.6 is 0 Å². The first-order valence-corrected chi connectivity index (χ1v) is 9.00. The van der Waals surface area contributed by atoms with E-state index in [9.17, 15) is 14.0 Å². The van der Waals surface area contributed by atoms with Gasteiger partial charge in [-0.05, 0) is 42.7 Å². The molecule has 1 aromatic carbocycles. The fourth-order valence-electron chi connectivity index (χ4n) is 4.00. The molecule has 2 atom stereocenters. The summed E-state index contributed by atoms with van der Waals surface area (Å²) < 4.78 is 18.5. The quantitative estimate of drug-likeness (QED) is 0.850. The second-order valence-corrected chi connectivity index (χ2v) is 6.98. The minimum absolute atomic E-state index is 0.0894. The minimum atomic E-state index is -0.308. The predicted octanol–water partition coefficient (Wildman–Crippen LogP) is 2.90. The van der Waals surface area contributed by atoms with E-state index in [1.807, 2.05) is 4.90 Å². The number of furan rings is 1. The Labute approximate surface area is 151 Å². The first-order chi connectivity index (χ1) is 12.6. The first-order valence-electron chi connectivity index (χ1n) is 9.00. The molecule has 2 aliphatic rings. The zero-order chi connectivity index (χ0) is 18.1. The summed E-state index contributed by atoms with van der Waals surface area (Å²) in [6.07, 6.45) is 3.51. The molecule has 2 fully saturated rings. The van der Waals surface area contributed by atoms with Gasteiger partial charge in [0.25, 0.3) is 5.91 Å². The number of hydrogen-bond acceptors (Lipinski definition) is 3. The van der Waals surface area contributed by atoms with Crippen molar-refractivity contribution in [2.45, 2.75) is 18.8 Å². The van der Waals surface area contributed by atoms with Gasteiger partial charge in [0.05, 0.1) is 12.2 Å². The van der Waals surface area contributed by atoms with Gasteiger partial charge in [-0.1, -0.05) is 12.1 Å². The molecule has 136 valence electrons. The van der Waals surface area contributed by atoms with E-state index in [0.29, 0.717) is 13.1 Å². The summed E-state index contributed by atoms with van der Waals surface area (Å²) in [5, 5.41) is 0. The normalized spacial score (nSPS) is 22.8. The van der Waals surface area contributed by atoms with Crippen LogP contribution < -0.4 is 0 Å². The number of likely N-dealkylation sites (tertiary alicyclic amines) is 2. The van der Waals surface area contributed by atoms with Crippen LogP contribution in [0.2, 0.25) is 0 Å². The van der Waals surface area contributed by atoms with Crippen molar-refractivity contribution in [2.75, 3.05) is 26.2 Å². The zero-order valence-corrected chi connectivity index (χ0v) is 14.4. The third kappa shape index (κ3) is 3.11. The Hall–Kier alpha value is -2.63. The highest BCUT2D eigenvalue weighted by Crippen LogP contribution is 2.35. The van der Waals surface area contributed by atoms with Gasteiger partial charge in [-0.3, -0.25) is 9.59 Å². The lowest BCUT2D eigenvalue weighted by Gasteiger charge is -2.23. The van der Waals surface area contributed by atoms with Crippen molar-refractivity contribution in [1.29, 1.82) is 0 Å². The van der Waals surface area contributed by atoms with Gasteiger partial charge < -0.3 is 14.2 Å². The van der Waals surface area contributed by atoms with Crippen LogP contribution in [0, 0.1) is 11.7 Å². The number of benzene rings is 1. The van der Waals surface area contributed by atoms with Crippen LogP contribution in [0.1, 0.15) is 34.9 Å². The van der Waals surface area contributed by atoms with Crippen LogP contribution in [0.15, 0.2) is 47.1 Å². The maximum Gasteiger partial charge on any atom is 0.289 e. The smallest absolute Gasteiger partial charge is 0.289 e. The van der Waals surface area contributed by atoms with Gasteiger partial charge in [-0.25, -0.2) is 4.39 Å². The molecule has 6 heteroatoms. The van der Waals surface area contributed by atoms with Gasteiger partial charge in [0.1, 0.15) is 5.82 Å². The molecule has 3 heterocycles. The summed E-state index contributed by atoms with van der Waals surface area (Å²) in [6, 6.07) is 9.54. The molecule has 5 nitrogen and oxygen atoms in total. The largest absolute Gasteiger partial charge is 0.459 e. The first kappa shape index (κ1) is 16.8. The Morgan fingerprint density at radius 3 is 2.38 bits per heavy atom. The monoisotopic (exact) mass is 356 g/mol. The van der Waals surface area contributed by atoms with Crippen LogP contribution in [0.3, 0.4) is 0 Å². The molecule has 0 unspecified atom stereocenters. The van der Waals surface area contributed by atoms with E-state index < -0.39 is 0 Å². The summed E-state index contributed by atoms with van der Waals surface area (Å²) in [7, 11) is 0. The molecule has 0 saturated carbocycles. The van der Waals surface area contributed by atoms with Crippen molar-refractivity contribution in [3.05, 3.63) is 59.8 Å². The molecule has 0 radical (unpaired) electrons. The molecule has 0 aliphatic carbocycles. The van der Waals surface area contributed by atoms with Crippen molar-refractivity contribution in [1.82, 2.24) is 9.80 Å². The summed E-state index contributed by atoms with van der Waals surface area (Å²) in [5.41, 5.74) is 0.888. The molecule has 2 amide bonds. The molecule has 4 rings (SSSR count). The summed E-state index contributed by atoms with van der Waals surface area (Å²) in [6.45, 7) is 2.33. The molecule has 2 aromatic rings. The number of halogens is 1. The lowest BCUT2D eigenvalue weighted by atomic mass is 9.88. The molecule has 0 spiro atoms. The van der Waals surface area contributed by atoms with Crippen LogP contribution in [0.25, 0.3) is 0 Å². The SMILES string of the molecule is O=C(c1ccco1)N1C[C@@H](C(=O)N2CCCC2)[C@H](c2ccc(F)cc2)C1. The van der Waals surface area contributed by atoms with E-state index in [-0.39, 0.29) is 35.2 Å². The van der Waals surface area contributed by atoms with Gasteiger partial charge in [0, 0.05) is 32.1 Å². The third-order valence-corrected chi connectivity index (χ3v) is 5.37. The second-order valence-electron chi connectivity index (χ2n) is 6.98. The molecule has 26 heavy (non-hydrogen) atoms. The molecule has 0 N–H and O–H groups in total. The lowest BCUT2D eigenvalue weighted by Crippen LogP contribution is -2.37. The van der Waals surface area contributed by atoms with Crippen molar-refractivity contribution < 1.29 is 18.4 Å². The number of carbonyl (C=O) groups excluding carboxylic acids is 2. The average molecular weight is 356 g/mol. The van der Waals surface area contributed by atoms with Gasteiger partial charge in [0.15, 0.2) is 5.76 Å². The molecule has 1 aromatic heterocycles. The maximum atomic E-state index is 13.3. The fraction of sp³-hybridized carbons (Fsp3) is 0.400. The van der Waals surface area contributed by atoms with Crippen molar-refractivity contribution in [2.24, 2.45) is 5.92 Å². The number of hydrogen-bond donors (Lipinski definition) is 0.